The van der Waals surface area contributed by atoms with Crippen molar-refractivity contribution in [2.24, 2.45) is 5.92 Å². The van der Waals surface area contributed by atoms with Crippen molar-refractivity contribution in [2.75, 3.05) is 43.4 Å². The number of hydrogen-bond donors (Lipinski definition) is 1. The molecule has 1 aliphatic heterocycles. The summed E-state index contributed by atoms with van der Waals surface area (Å²) in [7, 11) is 2.15. The van der Waals surface area contributed by atoms with E-state index >= 15 is 0 Å². The maximum Gasteiger partial charge on any atom is 0.226 e. The van der Waals surface area contributed by atoms with Crippen LogP contribution in [0, 0.1) is 5.92 Å². The van der Waals surface area contributed by atoms with Crippen LogP contribution in [-0.4, -0.2) is 44.0 Å². The van der Waals surface area contributed by atoms with E-state index in [4.69, 9.17) is 0 Å². The topological polar surface area (TPSA) is 35.6 Å². The standard InChI is InChI=1S/C15H23N3O/c1-12(2)15(19)16-13-4-6-14(7-5-13)18-10-8-17(3)9-11-18/h4-7,12H,8-11H2,1-3H3,(H,16,19). The Kier molecular flexibility index (Phi) is 4.43. The van der Waals surface area contributed by atoms with Gasteiger partial charge < -0.3 is 15.1 Å². The van der Waals surface area contributed by atoms with Gasteiger partial charge in [0.05, 0.1) is 0 Å². The summed E-state index contributed by atoms with van der Waals surface area (Å²) in [5.41, 5.74) is 2.10. The van der Waals surface area contributed by atoms with E-state index in [0.29, 0.717) is 0 Å². The number of carbonyl (C=O) groups is 1. The normalized spacial score (nSPS) is 16.7. The molecule has 4 heteroatoms. The second kappa shape index (κ2) is 6.06. The molecule has 0 saturated carbocycles. The zero-order valence-electron chi connectivity index (χ0n) is 12.0. The molecule has 19 heavy (non-hydrogen) atoms. The third kappa shape index (κ3) is 3.70. The van der Waals surface area contributed by atoms with E-state index in [1.807, 2.05) is 26.0 Å². The SMILES string of the molecule is CC(C)C(=O)Nc1ccc(N2CCN(C)CC2)cc1. The van der Waals surface area contributed by atoms with Crippen LogP contribution in [0.5, 0.6) is 0 Å². The highest BCUT2D eigenvalue weighted by Crippen LogP contribution is 2.19. The molecule has 2 rings (SSSR count). The third-order valence-electron chi connectivity index (χ3n) is 3.53. The Hall–Kier alpha value is -1.55. The lowest BCUT2D eigenvalue weighted by Crippen LogP contribution is -2.44. The van der Waals surface area contributed by atoms with Crippen molar-refractivity contribution in [3.63, 3.8) is 0 Å². The first-order valence-corrected chi connectivity index (χ1v) is 6.90. The lowest BCUT2D eigenvalue weighted by Gasteiger charge is -2.34. The van der Waals surface area contributed by atoms with Crippen molar-refractivity contribution in [2.45, 2.75) is 13.8 Å². The Balaban J connectivity index is 1.96. The van der Waals surface area contributed by atoms with Crippen LogP contribution in [0.15, 0.2) is 24.3 Å². The number of rotatable bonds is 3. The molecule has 1 aromatic carbocycles. The fraction of sp³-hybridized carbons (Fsp3) is 0.533. The van der Waals surface area contributed by atoms with Crippen molar-refractivity contribution < 1.29 is 4.79 Å². The molecule has 1 aliphatic rings. The number of benzene rings is 1. The zero-order chi connectivity index (χ0) is 13.8. The summed E-state index contributed by atoms with van der Waals surface area (Å²) in [5, 5.41) is 2.91. The average molecular weight is 261 g/mol. The van der Waals surface area contributed by atoms with Crippen LogP contribution in [0.25, 0.3) is 0 Å². The van der Waals surface area contributed by atoms with Crippen LogP contribution in [0.2, 0.25) is 0 Å². The summed E-state index contributed by atoms with van der Waals surface area (Å²) in [6.07, 6.45) is 0. The summed E-state index contributed by atoms with van der Waals surface area (Å²) >= 11 is 0. The number of nitrogens with zero attached hydrogens (tertiary/aromatic N) is 2. The largest absolute Gasteiger partial charge is 0.369 e. The van der Waals surface area contributed by atoms with Gasteiger partial charge in [-0.2, -0.15) is 0 Å². The van der Waals surface area contributed by atoms with Gasteiger partial charge in [0.2, 0.25) is 5.91 Å². The quantitative estimate of drug-likeness (QED) is 0.904. The molecule has 0 aliphatic carbocycles. The van der Waals surface area contributed by atoms with E-state index in [0.717, 1.165) is 31.9 Å². The molecule has 1 N–H and O–H groups in total. The van der Waals surface area contributed by atoms with Crippen molar-refractivity contribution in [1.29, 1.82) is 0 Å². The number of carbonyl (C=O) groups excluding carboxylic acids is 1. The second-order valence-corrected chi connectivity index (χ2v) is 5.48. The Bertz CT molecular complexity index is 420. The predicted molar refractivity (Wildman–Crippen MR) is 79.6 cm³/mol. The monoisotopic (exact) mass is 261 g/mol. The number of anilines is 2. The van der Waals surface area contributed by atoms with E-state index < -0.39 is 0 Å². The van der Waals surface area contributed by atoms with Crippen molar-refractivity contribution >= 4 is 17.3 Å². The zero-order valence-corrected chi connectivity index (χ0v) is 12.0. The van der Waals surface area contributed by atoms with Gasteiger partial charge in [-0.05, 0) is 31.3 Å². The van der Waals surface area contributed by atoms with Gasteiger partial charge in [0.15, 0.2) is 0 Å². The smallest absolute Gasteiger partial charge is 0.226 e. The van der Waals surface area contributed by atoms with Gasteiger partial charge in [0.25, 0.3) is 0 Å². The first-order valence-electron chi connectivity index (χ1n) is 6.90. The molecule has 0 unspecified atom stereocenters. The maximum atomic E-state index is 11.6. The Morgan fingerprint density at radius 1 is 1.11 bits per heavy atom. The number of nitrogens with one attached hydrogen (secondary N) is 1. The molecule has 0 radical (unpaired) electrons. The molecule has 0 atom stereocenters. The number of hydrogen-bond acceptors (Lipinski definition) is 3. The minimum absolute atomic E-state index is 0.0114. The van der Waals surface area contributed by atoms with Crippen LogP contribution in [0.4, 0.5) is 11.4 Å². The molecule has 1 saturated heterocycles. The number of likely N-dealkylation sites (N-methyl/N-ethyl adjacent to an activating group) is 1. The first-order chi connectivity index (χ1) is 9.06. The molecule has 4 nitrogen and oxygen atoms in total. The Morgan fingerprint density at radius 2 is 1.68 bits per heavy atom. The van der Waals surface area contributed by atoms with Gasteiger partial charge in [0, 0.05) is 43.5 Å². The van der Waals surface area contributed by atoms with E-state index in [9.17, 15) is 4.79 Å². The van der Waals surface area contributed by atoms with Gasteiger partial charge in [0.1, 0.15) is 0 Å². The van der Waals surface area contributed by atoms with Crippen molar-refractivity contribution in [1.82, 2.24) is 4.90 Å². The van der Waals surface area contributed by atoms with E-state index in [1.165, 1.54) is 5.69 Å². The molecule has 1 heterocycles. The maximum absolute atomic E-state index is 11.6. The molecule has 1 fully saturated rings. The van der Waals surface area contributed by atoms with E-state index in [1.54, 1.807) is 0 Å². The summed E-state index contributed by atoms with van der Waals surface area (Å²) < 4.78 is 0. The molecular weight excluding hydrogens is 238 g/mol. The number of piperazine rings is 1. The van der Waals surface area contributed by atoms with Crippen LogP contribution >= 0.6 is 0 Å². The van der Waals surface area contributed by atoms with E-state index in [-0.39, 0.29) is 11.8 Å². The van der Waals surface area contributed by atoms with Gasteiger partial charge >= 0.3 is 0 Å². The predicted octanol–water partition coefficient (Wildman–Crippen LogP) is 2.03. The highest BCUT2D eigenvalue weighted by Gasteiger charge is 2.14. The molecule has 1 aromatic rings. The highest BCUT2D eigenvalue weighted by molar-refractivity contribution is 5.92. The fourth-order valence-electron chi connectivity index (χ4n) is 2.11. The van der Waals surface area contributed by atoms with Crippen molar-refractivity contribution in [3.05, 3.63) is 24.3 Å². The Morgan fingerprint density at radius 3 is 2.21 bits per heavy atom. The molecule has 0 bridgehead atoms. The Labute approximate surface area is 115 Å². The molecule has 1 amide bonds. The van der Waals surface area contributed by atoms with Gasteiger partial charge in [-0.1, -0.05) is 13.8 Å². The molecule has 104 valence electrons. The first kappa shape index (κ1) is 13.9. The minimum Gasteiger partial charge on any atom is -0.369 e. The third-order valence-corrected chi connectivity index (χ3v) is 3.53. The molecule has 0 aromatic heterocycles. The van der Waals surface area contributed by atoms with Crippen molar-refractivity contribution in [3.8, 4) is 0 Å². The van der Waals surface area contributed by atoms with Gasteiger partial charge in [-0.25, -0.2) is 0 Å². The molecular formula is C15H23N3O. The summed E-state index contributed by atoms with van der Waals surface area (Å²) in [6, 6.07) is 8.13. The summed E-state index contributed by atoms with van der Waals surface area (Å²) in [6.45, 7) is 8.13. The van der Waals surface area contributed by atoms with Crippen LogP contribution in [0.1, 0.15) is 13.8 Å². The fourth-order valence-corrected chi connectivity index (χ4v) is 2.11. The van der Waals surface area contributed by atoms with E-state index in [2.05, 4.69) is 34.3 Å². The lowest BCUT2D eigenvalue weighted by molar-refractivity contribution is -0.118. The van der Waals surface area contributed by atoms with Crippen LogP contribution in [-0.2, 0) is 4.79 Å². The van der Waals surface area contributed by atoms with Crippen LogP contribution in [0.3, 0.4) is 0 Å². The second-order valence-electron chi connectivity index (χ2n) is 5.48. The van der Waals surface area contributed by atoms with Gasteiger partial charge in [-0.15, -0.1) is 0 Å². The average Bonchev–Trinajstić information content (AvgIpc) is 2.40. The number of amides is 1. The van der Waals surface area contributed by atoms with Crippen LogP contribution < -0.4 is 10.2 Å². The summed E-state index contributed by atoms with van der Waals surface area (Å²) in [4.78, 5) is 16.3. The van der Waals surface area contributed by atoms with Gasteiger partial charge in [-0.3, -0.25) is 4.79 Å². The highest BCUT2D eigenvalue weighted by atomic mass is 16.1. The molecule has 0 spiro atoms. The lowest BCUT2D eigenvalue weighted by atomic mass is 10.2. The summed E-state index contributed by atoms with van der Waals surface area (Å²) in [5.74, 6) is 0.0738. The minimum atomic E-state index is 0.0114.